The van der Waals surface area contributed by atoms with Crippen LogP contribution in [0.15, 0.2) is 67.4 Å². The molecule has 5 rings (SSSR count). The summed E-state index contributed by atoms with van der Waals surface area (Å²) >= 11 is 0. The Morgan fingerprint density at radius 3 is 2.52 bits per heavy atom. The SMILES string of the molecule is Fc1ccc2ncn(-c3ncc4c(ncn4-c4ccccc4)n3)c2c1. The first-order chi connectivity index (χ1) is 12.3. The number of imidazole rings is 2. The number of aromatic nitrogens is 6. The molecule has 6 nitrogen and oxygen atoms in total. The summed E-state index contributed by atoms with van der Waals surface area (Å²) in [7, 11) is 0. The zero-order valence-electron chi connectivity index (χ0n) is 12.9. The van der Waals surface area contributed by atoms with Crippen molar-refractivity contribution in [2.24, 2.45) is 0 Å². The molecular weight excluding hydrogens is 319 g/mol. The van der Waals surface area contributed by atoms with Gasteiger partial charge in [-0.15, -0.1) is 0 Å². The number of fused-ring (bicyclic) bond motifs is 2. The summed E-state index contributed by atoms with van der Waals surface area (Å²) in [6.45, 7) is 0. The van der Waals surface area contributed by atoms with E-state index in [2.05, 4.69) is 19.9 Å². The zero-order chi connectivity index (χ0) is 16.8. The van der Waals surface area contributed by atoms with Crippen molar-refractivity contribution in [2.75, 3.05) is 0 Å². The fourth-order valence-corrected chi connectivity index (χ4v) is 2.85. The van der Waals surface area contributed by atoms with Crippen LogP contribution in [0.3, 0.4) is 0 Å². The molecule has 0 bridgehead atoms. The normalized spacial score (nSPS) is 11.4. The Bertz CT molecular complexity index is 1210. The molecule has 0 saturated heterocycles. The van der Waals surface area contributed by atoms with Crippen molar-refractivity contribution in [1.82, 2.24) is 29.1 Å². The van der Waals surface area contributed by atoms with Crippen molar-refractivity contribution < 1.29 is 4.39 Å². The Hall–Kier alpha value is -3.61. The van der Waals surface area contributed by atoms with Gasteiger partial charge in [0.05, 0.1) is 17.2 Å². The van der Waals surface area contributed by atoms with Crippen molar-refractivity contribution in [3.8, 4) is 11.6 Å². The second-order valence-corrected chi connectivity index (χ2v) is 5.58. The van der Waals surface area contributed by atoms with Crippen LogP contribution < -0.4 is 0 Å². The average molecular weight is 330 g/mol. The average Bonchev–Trinajstić information content (AvgIpc) is 3.25. The molecule has 0 spiro atoms. The summed E-state index contributed by atoms with van der Waals surface area (Å²) in [5.41, 5.74) is 3.64. The van der Waals surface area contributed by atoms with Gasteiger partial charge in [0.2, 0.25) is 5.95 Å². The first kappa shape index (κ1) is 13.8. The molecule has 0 aliphatic rings. The van der Waals surface area contributed by atoms with E-state index in [-0.39, 0.29) is 5.82 Å². The summed E-state index contributed by atoms with van der Waals surface area (Å²) in [6.07, 6.45) is 5.01. The highest BCUT2D eigenvalue weighted by molar-refractivity contribution is 5.78. The van der Waals surface area contributed by atoms with Gasteiger partial charge in [0, 0.05) is 11.8 Å². The Morgan fingerprint density at radius 1 is 0.800 bits per heavy atom. The molecular formula is C18H11FN6. The van der Waals surface area contributed by atoms with E-state index in [0.717, 1.165) is 11.2 Å². The van der Waals surface area contributed by atoms with Crippen LogP contribution in [0.1, 0.15) is 0 Å². The third-order valence-electron chi connectivity index (χ3n) is 4.05. The molecule has 2 aromatic carbocycles. The predicted molar refractivity (Wildman–Crippen MR) is 91.2 cm³/mol. The predicted octanol–water partition coefficient (Wildman–Crippen LogP) is 3.29. The molecule has 0 N–H and O–H groups in total. The first-order valence-electron chi connectivity index (χ1n) is 7.68. The molecule has 0 radical (unpaired) electrons. The number of halogens is 1. The van der Waals surface area contributed by atoms with Crippen LogP contribution in [0.2, 0.25) is 0 Å². The summed E-state index contributed by atoms with van der Waals surface area (Å²) in [5.74, 6) is 0.0718. The van der Waals surface area contributed by atoms with E-state index in [9.17, 15) is 4.39 Å². The molecule has 0 atom stereocenters. The van der Waals surface area contributed by atoms with Gasteiger partial charge in [-0.1, -0.05) is 18.2 Å². The quantitative estimate of drug-likeness (QED) is 0.498. The second-order valence-electron chi connectivity index (χ2n) is 5.58. The van der Waals surface area contributed by atoms with Crippen LogP contribution in [0.25, 0.3) is 33.8 Å². The van der Waals surface area contributed by atoms with E-state index in [1.807, 2.05) is 34.9 Å². The Kier molecular flexibility index (Phi) is 2.87. The summed E-state index contributed by atoms with van der Waals surface area (Å²) in [5, 5.41) is 0. The minimum Gasteiger partial charge on any atom is -0.296 e. The van der Waals surface area contributed by atoms with Crippen molar-refractivity contribution in [3.63, 3.8) is 0 Å². The lowest BCUT2D eigenvalue weighted by Crippen LogP contribution is -2.01. The van der Waals surface area contributed by atoms with Gasteiger partial charge in [-0.2, -0.15) is 4.98 Å². The molecule has 0 saturated carbocycles. The Morgan fingerprint density at radius 2 is 1.64 bits per heavy atom. The van der Waals surface area contributed by atoms with E-state index in [0.29, 0.717) is 22.6 Å². The van der Waals surface area contributed by atoms with Gasteiger partial charge in [-0.3, -0.25) is 9.13 Å². The molecule has 5 aromatic rings. The molecule has 0 aliphatic heterocycles. The van der Waals surface area contributed by atoms with Gasteiger partial charge in [0.15, 0.2) is 5.65 Å². The summed E-state index contributed by atoms with van der Waals surface area (Å²) in [4.78, 5) is 17.5. The van der Waals surface area contributed by atoms with E-state index < -0.39 is 0 Å². The number of benzene rings is 2. The van der Waals surface area contributed by atoms with E-state index >= 15 is 0 Å². The van der Waals surface area contributed by atoms with Gasteiger partial charge in [0.25, 0.3) is 0 Å². The first-order valence-corrected chi connectivity index (χ1v) is 7.68. The third-order valence-corrected chi connectivity index (χ3v) is 4.05. The Balaban J connectivity index is 1.67. The maximum atomic E-state index is 13.6. The molecule has 7 heteroatoms. The topological polar surface area (TPSA) is 61.4 Å². The smallest absolute Gasteiger partial charge is 0.237 e. The third kappa shape index (κ3) is 2.17. The maximum absolute atomic E-state index is 13.6. The number of para-hydroxylation sites is 1. The molecule has 25 heavy (non-hydrogen) atoms. The van der Waals surface area contributed by atoms with Gasteiger partial charge in [-0.05, 0) is 24.3 Å². The fraction of sp³-hybridized carbons (Fsp3) is 0. The van der Waals surface area contributed by atoms with Gasteiger partial charge in [0.1, 0.15) is 24.0 Å². The van der Waals surface area contributed by atoms with E-state index in [4.69, 9.17) is 0 Å². The minimum atomic E-state index is -0.330. The van der Waals surface area contributed by atoms with Gasteiger partial charge < -0.3 is 0 Å². The Labute approximate surface area is 141 Å². The number of hydrogen-bond donors (Lipinski definition) is 0. The molecule has 0 aliphatic carbocycles. The molecule has 0 fully saturated rings. The molecule has 3 heterocycles. The van der Waals surface area contributed by atoms with E-state index in [1.165, 1.54) is 12.1 Å². The van der Waals surface area contributed by atoms with E-state index in [1.54, 1.807) is 29.5 Å². The standard InChI is InChI=1S/C18H11FN6/c19-12-6-7-14-15(8-12)25(10-21-14)18-20-9-16-17(23-18)22-11-24(16)13-4-2-1-3-5-13/h1-11H. The monoisotopic (exact) mass is 330 g/mol. The number of nitrogens with zero attached hydrogens (tertiary/aromatic N) is 6. The van der Waals surface area contributed by atoms with Crippen LogP contribution >= 0.6 is 0 Å². The lowest BCUT2D eigenvalue weighted by molar-refractivity contribution is 0.629. The molecule has 3 aromatic heterocycles. The van der Waals surface area contributed by atoms with Crippen molar-refractivity contribution in [3.05, 3.63) is 73.2 Å². The zero-order valence-corrected chi connectivity index (χ0v) is 12.9. The van der Waals surface area contributed by atoms with Gasteiger partial charge in [-0.25, -0.2) is 19.3 Å². The van der Waals surface area contributed by atoms with Crippen LogP contribution in [-0.2, 0) is 0 Å². The number of rotatable bonds is 2. The highest BCUT2D eigenvalue weighted by Gasteiger charge is 2.12. The summed E-state index contributed by atoms with van der Waals surface area (Å²) in [6, 6.07) is 14.3. The number of hydrogen-bond acceptors (Lipinski definition) is 4. The maximum Gasteiger partial charge on any atom is 0.237 e. The molecule has 0 amide bonds. The van der Waals surface area contributed by atoms with Crippen LogP contribution in [0.4, 0.5) is 4.39 Å². The minimum absolute atomic E-state index is 0.330. The molecule has 0 unspecified atom stereocenters. The molecule has 120 valence electrons. The summed E-state index contributed by atoms with van der Waals surface area (Å²) < 4.78 is 17.1. The highest BCUT2D eigenvalue weighted by Crippen LogP contribution is 2.20. The lowest BCUT2D eigenvalue weighted by Gasteiger charge is -2.05. The van der Waals surface area contributed by atoms with Crippen molar-refractivity contribution in [2.45, 2.75) is 0 Å². The second kappa shape index (κ2) is 5.20. The van der Waals surface area contributed by atoms with Crippen LogP contribution in [-0.4, -0.2) is 29.1 Å². The van der Waals surface area contributed by atoms with Crippen molar-refractivity contribution in [1.29, 1.82) is 0 Å². The lowest BCUT2D eigenvalue weighted by atomic mass is 10.3. The largest absolute Gasteiger partial charge is 0.296 e. The van der Waals surface area contributed by atoms with Crippen LogP contribution in [0.5, 0.6) is 0 Å². The van der Waals surface area contributed by atoms with Crippen molar-refractivity contribution >= 4 is 22.2 Å². The van der Waals surface area contributed by atoms with Crippen LogP contribution in [0, 0.1) is 5.82 Å². The highest BCUT2D eigenvalue weighted by atomic mass is 19.1. The van der Waals surface area contributed by atoms with Gasteiger partial charge >= 0.3 is 0 Å². The fourth-order valence-electron chi connectivity index (χ4n) is 2.85.